The minimum absolute atomic E-state index is 0.105. The fourth-order valence-electron chi connectivity index (χ4n) is 2.09. The Morgan fingerprint density at radius 2 is 1.76 bits per heavy atom. The van der Waals surface area contributed by atoms with E-state index in [-0.39, 0.29) is 5.41 Å². The van der Waals surface area contributed by atoms with Crippen molar-refractivity contribution in [1.82, 2.24) is 5.32 Å². The Kier molecular flexibility index (Phi) is 4.92. The summed E-state index contributed by atoms with van der Waals surface area (Å²) in [5.41, 5.74) is 2.42. The highest BCUT2D eigenvalue weighted by molar-refractivity contribution is 6.31. The maximum absolute atomic E-state index is 6.26. The van der Waals surface area contributed by atoms with Crippen LogP contribution in [-0.4, -0.2) is 7.05 Å². The van der Waals surface area contributed by atoms with Gasteiger partial charge in [-0.15, -0.1) is 0 Å². The summed E-state index contributed by atoms with van der Waals surface area (Å²) >= 11 is 6.26. The lowest BCUT2D eigenvalue weighted by Gasteiger charge is -2.19. The molecule has 0 bridgehead atoms. The van der Waals surface area contributed by atoms with Gasteiger partial charge in [0.2, 0.25) is 0 Å². The van der Waals surface area contributed by atoms with Crippen LogP contribution in [0.4, 0.5) is 0 Å². The van der Waals surface area contributed by atoms with Crippen molar-refractivity contribution in [3.8, 4) is 11.5 Å². The summed E-state index contributed by atoms with van der Waals surface area (Å²) in [4.78, 5) is 0. The number of benzene rings is 2. The van der Waals surface area contributed by atoms with Crippen molar-refractivity contribution in [3.05, 3.63) is 58.6 Å². The molecule has 0 fully saturated rings. The molecule has 2 aromatic rings. The van der Waals surface area contributed by atoms with Crippen LogP contribution >= 0.6 is 11.6 Å². The predicted octanol–water partition coefficient (Wildman–Crippen LogP) is 5.15. The maximum atomic E-state index is 6.26. The molecule has 0 heterocycles. The van der Waals surface area contributed by atoms with E-state index in [0.29, 0.717) is 5.02 Å². The zero-order valence-corrected chi connectivity index (χ0v) is 13.8. The first kappa shape index (κ1) is 15.9. The molecule has 2 nitrogen and oxygen atoms in total. The van der Waals surface area contributed by atoms with Crippen LogP contribution in [0.2, 0.25) is 5.02 Å². The molecule has 3 heteroatoms. The summed E-state index contributed by atoms with van der Waals surface area (Å²) in [6.07, 6.45) is 0. The second kappa shape index (κ2) is 6.50. The Morgan fingerprint density at radius 1 is 1.05 bits per heavy atom. The number of hydrogen-bond donors (Lipinski definition) is 1. The molecule has 112 valence electrons. The first-order valence-electron chi connectivity index (χ1n) is 7.11. The van der Waals surface area contributed by atoms with Crippen LogP contribution in [-0.2, 0) is 12.0 Å². The summed E-state index contributed by atoms with van der Waals surface area (Å²) < 4.78 is 5.92. The average molecular weight is 304 g/mol. The Morgan fingerprint density at radius 3 is 2.38 bits per heavy atom. The SMILES string of the molecule is CNCc1ccc(Oc2cccc(C(C)(C)C)c2)cc1Cl. The molecule has 0 saturated carbocycles. The molecule has 0 aliphatic rings. The standard InChI is InChI=1S/C18H22ClNO/c1-18(2,3)14-6-5-7-15(10-14)21-16-9-8-13(12-20-4)17(19)11-16/h5-11,20H,12H2,1-4H3. The Balaban J connectivity index is 2.20. The van der Waals surface area contributed by atoms with Gasteiger partial charge < -0.3 is 10.1 Å². The van der Waals surface area contributed by atoms with Gasteiger partial charge in [0.15, 0.2) is 0 Å². The molecule has 2 aromatic carbocycles. The lowest BCUT2D eigenvalue weighted by molar-refractivity contribution is 0.478. The number of hydrogen-bond acceptors (Lipinski definition) is 2. The summed E-state index contributed by atoms with van der Waals surface area (Å²) in [6.45, 7) is 7.32. The minimum atomic E-state index is 0.105. The van der Waals surface area contributed by atoms with E-state index in [0.717, 1.165) is 23.6 Å². The molecule has 0 spiro atoms. The molecule has 0 radical (unpaired) electrons. The van der Waals surface area contributed by atoms with Crippen molar-refractivity contribution >= 4 is 11.6 Å². The van der Waals surface area contributed by atoms with E-state index in [2.05, 4.69) is 38.2 Å². The van der Waals surface area contributed by atoms with Crippen molar-refractivity contribution in [3.63, 3.8) is 0 Å². The second-order valence-corrected chi connectivity index (χ2v) is 6.57. The molecule has 21 heavy (non-hydrogen) atoms. The molecular formula is C18H22ClNO. The van der Waals surface area contributed by atoms with E-state index in [9.17, 15) is 0 Å². The largest absolute Gasteiger partial charge is 0.457 e. The van der Waals surface area contributed by atoms with Gasteiger partial charge in [0.1, 0.15) is 11.5 Å². The molecule has 0 atom stereocenters. The van der Waals surface area contributed by atoms with Gasteiger partial charge in [-0.3, -0.25) is 0 Å². The van der Waals surface area contributed by atoms with E-state index in [1.165, 1.54) is 5.56 Å². The van der Waals surface area contributed by atoms with E-state index in [1.807, 2.05) is 37.4 Å². The van der Waals surface area contributed by atoms with Gasteiger partial charge in [0.25, 0.3) is 0 Å². The number of halogens is 1. The molecule has 0 saturated heterocycles. The predicted molar refractivity (Wildman–Crippen MR) is 89.4 cm³/mol. The van der Waals surface area contributed by atoms with Crippen molar-refractivity contribution in [2.24, 2.45) is 0 Å². The van der Waals surface area contributed by atoms with Gasteiger partial charge in [-0.05, 0) is 47.9 Å². The van der Waals surface area contributed by atoms with E-state index >= 15 is 0 Å². The normalized spacial score (nSPS) is 11.5. The summed E-state index contributed by atoms with van der Waals surface area (Å²) in [7, 11) is 1.90. The molecule has 0 aromatic heterocycles. The van der Waals surface area contributed by atoms with Gasteiger partial charge in [0, 0.05) is 11.6 Å². The third-order valence-electron chi connectivity index (χ3n) is 3.33. The molecule has 0 aliphatic carbocycles. The van der Waals surface area contributed by atoms with E-state index in [4.69, 9.17) is 16.3 Å². The van der Waals surface area contributed by atoms with Gasteiger partial charge in [-0.25, -0.2) is 0 Å². The topological polar surface area (TPSA) is 21.3 Å². The average Bonchev–Trinajstić information content (AvgIpc) is 2.41. The van der Waals surface area contributed by atoms with Crippen molar-refractivity contribution in [1.29, 1.82) is 0 Å². The van der Waals surface area contributed by atoms with Gasteiger partial charge in [-0.2, -0.15) is 0 Å². The van der Waals surface area contributed by atoms with Crippen LogP contribution < -0.4 is 10.1 Å². The van der Waals surface area contributed by atoms with Gasteiger partial charge >= 0.3 is 0 Å². The van der Waals surface area contributed by atoms with Gasteiger partial charge in [0.05, 0.1) is 0 Å². The molecule has 0 unspecified atom stereocenters. The lowest BCUT2D eigenvalue weighted by Crippen LogP contribution is -2.10. The molecule has 2 rings (SSSR count). The zero-order valence-electron chi connectivity index (χ0n) is 13.0. The van der Waals surface area contributed by atoms with Crippen LogP contribution in [0.3, 0.4) is 0 Å². The highest BCUT2D eigenvalue weighted by atomic mass is 35.5. The van der Waals surface area contributed by atoms with Crippen LogP contribution in [0.5, 0.6) is 11.5 Å². The Bertz CT molecular complexity index is 617. The fourth-order valence-corrected chi connectivity index (χ4v) is 2.32. The molecule has 1 N–H and O–H groups in total. The summed E-state index contributed by atoms with van der Waals surface area (Å²) in [5.74, 6) is 1.59. The van der Waals surface area contributed by atoms with Crippen molar-refractivity contribution in [2.75, 3.05) is 7.05 Å². The van der Waals surface area contributed by atoms with Crippen molar-refractivity contribution < 1.29 is 4.74 Å². The van der Waals surface area contributed by atoms with Crippen LogP contribution in [0.1, 0.15) is 31.9 Å². The monoisotopic (exact) mass is 303 g/mol. The van der Waals surface area contributed by atoms with Gasteiger partial charge in [-0.1, -0.05) is 50.6 Å². The van der Waals surface area contributed by atoms with Crippen LogP contribution in [0, 0.1) is 0 Å². The fraction of sp³-hybridized carbons (Fsp3) is 0.333. The minimum Gasteiger partial charge on any atom is -0.457 e. The number of nitrogens with one attached hydrogen (secondary N) is 1. The highest BCUT2D eigenvalue weighted by Crippen LogP contribution is 2.30. The summed E-state index contributed by atoms with van der Waals surface area (Å²) in [6, 6.07) is 14.0. The first-order valence-corrected chi connectivity index (χ1v) is 7.49. The van der Waals surface area contributed by atoms with Crippen LogP contribution in [0.15, 0.2) is 42.5 Å². The first-order chi connectivity index (χ1) is 9.90. The molecule has 0 aliphatic heterocycles. The van der Waals surface area contributed by atoms with Crippen molar-refractivity contribution in [2.45, 2.75) is 32.7 Å². The summed E-state index contributed by atoms with van der Waals surface area (Å²) in [5, 5.41) is 3.81. The third kappa shape index (κ3) is 4.23. The molecule has 0 amide bonds. The smallest absolute Gasteiger partial charge is 0.128 e. The van der Waals surface area contributed by atoms with E-state index in [1.54, 1.807) is 0 Å². The lowest BCUT2D eigenvalue weighted by atomic mass is 9.87. The maximum Gasteiger partial charge on any atom is 0.128 e. The molecular weight excluding hydrogens is 282 g/mol. The highest BCUT2D eigenvalue weighted by Gasteiger charge is 2.14. The quantitative estimate of drug-likeness (QED) is 0.843. The Labute approximate surface area is 132 Å². The second-order valence-electron chi connectivity index (χ2n) is 6.16. The number of ether oxygens (including phenoxy) is 1. The van der Waals surface area contributed by atoms with E-state index < -0.39 is 0 Å². The van der Waals surface area contributed by atoms with Crippen LogP contribution in [0.25, 0.3) is 0 Å². The third-order valence-corrected chi connectivity index (χ3v) is 3.68. The zero-order chi connectivity index (χ0) is 15.5. The Hall–Kier alpha value is -1.51. The number of rotatable bonds is 4.